The summed E-state index contributed by atoms with van der Waals surface area (Å²) in [5.74, 6) is -0.283. The van der Waals surface area contributed by atoms with Crippen LogP contribution >= 0.6 is 0 Å². The Morgan fingerprint density at radius 2 is 2.10 bits per heavy atom. The molecule has 5 heteroatoms. The second-order valence-electron chi connectivity index (χ2n) is 7.28. The third-order valence-electron chi connectivity index (χ3n) is 4.66. The van der Waals surface area contributed by atoms with E-state index in [0.29, 0.717) is 6.42 Å². The van der Waals surface area contributed by atoms with Crippen LogP contribution in [0.25, 0.3) is 0 Å². The number of nitrogens with one attached hydrogen (secondary N) is 1. The van der Waals surface area contributed by atoms with E-state index in [9.17, 15) is 4.79 Å². The molecule has 1 amide bonds. The van der Waals surface area contributed by atoms with E-state index < -0.39 is 5.54 Å². The van der Waals surface area contributed by atoms with Crippen molar-refractivity contribution in [3.8, 4) is 0 Å². The zero-order chi connectivity index (χ0) is 16.3. The van der Waals surface area contributed by atoms with Crippen LogP contribution in [0.4, 0.5) is 0 Å². The Bertz CT molecular complexity index is 361. The van der Waals surface area contributed by atoms with Gasteiger partial charge in [-0.3, -0.25) is 9.69 Å². The van der Waals surface area contributed by atoms with Crippen molar-refractivity contribution in [1.82, 2.24) is 10.2 Å². The first-order chi connectivity index (χ1) is 9.62. The highest BCUT2D eigenvalue weighted by atomic mass is 16.5. The first-order valence-electron chi connectivity index (χ1n) is 7.99. The van der Waals surface area contributed by atoms with E-state index in [-0.39, 0.29) is 23.6 Å². The molecular weight excluding hydrogens is 266 g/mol. The van der Waals surface area contributed by atoms with Crippen LogP contribution in [0.15, 0.2) is 0 Å². The third kappa shape index (κ3) is 4.94. The lowest BCUT2D eigenvalue weighted by Gasteiger charge is -2.44. The van der Waals surface area contributed by atoms with E-state index in [1.54, 1.807) is 7.11 Å². The zero-order valence-corrected chi connectivity index (χ0v) is 14.5. The molecule has 1 aliphatic rings. The van der Waals surface area contributed by atoms with Crippen molar-refractivity contribution in [3.05, 3.63) is 0 Å². The lowest BCUT2D eigenvalue weighted by molar-refractivity contribution is -0.125. The van der Waals surface area contributed by atoms with Crippen LogP contribution in [0, 0.1) is 0 Å². The van der Waals surface area contributed by atoms with Crippen LogP contribution < -0.4 is 11.1 Å². The number of carbonyl (C=O) groups excluding carboxylic acids is 1. The maximum absolute atomic E-state index is 11.9. The quantitative estimate of drug-likeness (QED) is 0.748. The van der Waals surface area contributed by atoms with Gasteiger partial charge in [-0.15, -0.1) is 0 Å². The van der Waals surface area contributed by atoms with Gasteiger partial charge >= 0.3 is 0 Å². The summed E-state index contributed by atoms with van der Waals surface area (Å²) in [6.07, 6.45) is 2.92. The van der Waals surface area contributed by atoms with Crippen LogP contribution in [-0.2, 0) is 9.53 Å². The summed E-state index contributed by atoms with van der Waals surface area (Å²) < 4.78 is 5.65. The number of hydrogen-bond acceptors (Lipinski definition) is 4. The van der Waals surface area contributed by atoms with Gasteiger partial charge in [-0.05, 0) is 60.4 Å². The summed E-state index contributed by atoms with van der Waals surface area (Å²) in [6.45, 7) is 12.3. The van der Waals surface area contributed by atoms with Crippen molar-refractivity contribution in [2.24, 2.45) is 5.73 Å². The van der Waals surface area contributed by atoms with Gasteiger partial charge in [0.1, 0.15) is 0 Å². The van der Waals surface area contributed by atoms with Gasteiger partial charge in [0.2, 0.25) is 5.91 Å². The van der Waals surface area contributed by atoms with Gasteiger partial charge in [0.15, 0.2) is 0 Å². The second-order valence-corrected chi connectivity index (χ2v) is 7.28. The predicted octanol–water partition coefficient (Wildman–Crippen LogP) is 1.51. The van der Waals surface area contributed by atoms with Crippen molar-refractivity contribution in [2.45, 2.75) is 77.1 Å². The standard InChI is InChI=1S/C16H33N3O2/c1-12(2)18-16(5,14(17)20)10-13(3)19-9-7-8-15(4,11-19)21-6/h12-13,18H,7-11H2,1-6H3,(H2,17,20). The molecule has 1 fully saturated rings. The highest BCUT2D eigenvalue weighted by Crippen LogP contribution is 2.27. The molecule has 0 aliphatic carbocycles. The molecule has 0 bridgehead atoms. The average molecular weight is 299 g/mol. The highest BCUT2D eigenvalue weighted by molar-refractivity contribution is 5.84. The Kier molecular flexibility index (Phi) is 6.20. The number of nitrogens with zero attached hydrogens (tertiary/aromatic N) is 1. The van der Waals surface area contributed by atoms with E-state index in [1.807, 2.05) is 20.8 Å². The number of rotatable bonds is 7. The molecular formula is C16H33N3O2. The Morgan fingerprint density at radius 1 is 1.48 bits per heavy atom. The lowest BCUT2D eigenvalue weighted by Crippen LogP contribution is -2.59. The van der Waals surface area contributed by atoms with Crippen LogP contribution in [-0.4, -0.2) is 54.2 Å². The molecule has 0 radical (unpaired) electrons. The Labute approximate surface area is 129 Å². The molecule has 5 nitrogen and oxygen atoms in total. The fourth-order valence-electron chi connectivity index (χ4n) is 3.37. The molecule has 0 aromatic carbocycles. The number of carbonyl (C=O) groups is 1. The largest absolute Gasteiger partial charge is 0.377 e. The first-order valence-corrected chi connectivity index (χ1v) is 7.99. The number of hydrogen-bond donors (Lipinski definition) is 2. The molecule has 3 atom stereocenters. The van der Waals surface area contributed by atoms with E-state index >= 15 is 0 Å². The smallest absolute Gasteiger partial charge is 0.237 e. The molecule has 1 aliphatic heterocycles. The van der Waals surface area contributed by atoms with Gasteiger partial charge in [-0.2, -0.15) is 0 Å². The molecule has 21 heavy (non-hydrogen) atoms. The van der Waals surface area contributed by atoms with Gasteiger partial charge in [0.25, 0.3) is 0 Å². The molecule has 0 aromatic heterocycles. The number of piperidine rings is 1. The predicted molar refractivity (Wildman–Crippen MR) is 86.2 cm³/mol. The molecule has 3 N–H and O–H groups in total. The molecule has 3 unspecified atom stereocenters. The Morgan fingerprint density at radius 3 is 2.57 bits per heavy atom. The van der Waals surface area contributed by atoms with Gasteiger partial charge in [0, 0.05) is 25.7 Å². The van der Waals surface area contributed by atoms with Crippen molar-refractivity contribution in [2.75, 3.05) is 20.2 Å². The highest BCUT2D eigenvalue weighted by Gasteiger charge is 2.38. The molecule has 0 saturated carbocycles. The van der Waals surface area contributed by atoms with Gasteiger partial charge < -0.3 is 15.8 Å². The maximum Gasteiger partial charge on any atom is 0.237 e. The normalized spacial score (nSPS) is 28.3. The number of ether oxygens (including phenoxy) is 1. The number of nitrogens with two attached hydrogens (primary N) is 1. The number of likely N-dealkylation sites (tertiary alicyclic amines) is 1. The van der Waals surface area contributed by atoms with Crippen molar-refractivity contribution in [3.63, 3.8) is 0 Å². The summed E-state index contributed by atoms with van der Waals surface area (Å²) in [5, 5.41) is 3.33. The average Bonchev–Trinajstić information content (AvgIpc) is 2.37. The second kappa shape index (κ2) is 7.07. The van der Waals surface area contributed by atoms with Gasteiger partial charge in [-0.1, -0.05) is 0 Å². The summed E-state index contributed by atoms with van der Waals surface area (Å²) in [7, 11) is 1.78. The van der Waals surface area contributed by atoms with E-state index in [2.05, 4.69) is 24.1 Å². The monoisotopic (exact) mass is 299 g/mol. The molecule has 0 spiro atoms. The Balaban J connectivity index is 2.73. The van der Waals surface area contributed by atoms with Gasteiger partial charge in [0.05, 0.1) is 11.1 Å². The van der Waals surface area contributed by atoms with E-state index in [4.69, 9.17) is 10.5 Å². The number of methoxy groups -OCH3 is 1. The first kappa shape index (κ1) is 18.4. The minimum atomic E-state index is -0.672. The van der Waals surface area contributed by atoms with Gasteiger partial charge in [-0.25, -0.2) is 0 Å². The van der Waals surface area contributed by atoms with E-state index in [0.717, 1.165) is 25.9 Å². The minimum Gasteiger partial charge on any atom is -0.377 e. The summed E-state index contributed by atoms with van der Waals surface area (Å²) in [6, 6.07) is 0.504. The molecule has 1 rings (SSSR count). The summed E-state index contributed by atoms with van der Waals surface area (Å²) >= 11 is 0. The van der Waals surface area contributed by atoms with Crippen molar-refractivity contribution in [1.29, 1.82) is 0 Å². The van der Waals surface area contributed by atoms with E-state index in [1.165, 1.54) is 0 Å². The molecule has 1 heterocycles. The minimum absolute atomic E-state index is 0.0822. The number of primary amides is 1. The van der Waals surface area contributed by atoms with Crippen LogP contribution in [0.2, 0.25) is 0 Å². The van der Waals surface area contributed by atoms with Crippen LogP contribution in [0.3, 0.4) is 0 Å². The summed E-state index contributed by atoms with van der Waals surface area (Å²) in [5.41, 5.74) is 4.88. The van der Waals surface area contributed by atoms with Crippen LogP contribution in [0.5, 0.6) is 0 Å². The Hall–Kier alpha value is -0.650. The topological polar surface area (TPSA) is 67.6 Å². The fourth-order valence-corrected chi connectivity index (χ4v) is 3.37. The summed E-state index contributed by atoms with van der Waals surface area (Å²) in [4.78, 5) is 14.3. The third-order valence-corrected chi connectivity index (χ3v) is 4.66. The SMILES string of the molecule is COC1(C)CCCN(C(C)CC(C)(NC(C)C)C(N)=O)C1. The lowest BCUT2D eigenvalue weighted by atomic mass is 9.88. The number of amides is 1. The van der Waals surface area contributed by atoms with Crippen molar-refractivity contribution >= 4 is 5.91 Å². The molecule has 0 aromatic rings. The molecule has 1 saturated heterocycles. The fraction of sp³-hybridized carbons (Fsp3) is 0.938. The zero-order valence-electron chi connectivity index (χ0n) is 14.5. The molecule has 124 valence electrons. The van der Waals surface area contributed by atoms with Crippen LogP contribution in [0.1, 0.15) is 53.9 Å². The maximum atomic E-state index is 11.9. The van der Waals surface area contributed by atoms with Crippen molar-refractivity contribution < 1.29 is 9.53 Å².